The smallest absolute Gasteiger partial charge is 0.496 e. The van der Waals surface area contributed by atoms with E-state index < -0.39 is 12.3 Å². The SMILES string of the molecule is COc1ccc(C(=O)NOCC2(CO)CC2)cc1/C=C/c1ccc(OC(F)(F)F)cc1. The number of alkyl halides is 3. The van der Waals surface area contributed by atoms with Crippen molar-refractivity contribution in [1.29, 1.82) is 0 Å². The number of hydrogen-bond acceptors (Lipinski definition) is 5. The fourth-order valence-corrected chi connectivity index (χ4v) is 2.81. The molecule has 0 aromatic heterocycles. The summed E-state index contributed by atoms with van der Waals surface area (Å²) in [6.45, 7) is 0.260. The van der Waals surface area contributed by atoms with Gasteiger partial charge in [-0.15, -0.1) is 13.2 Å². The zero-order valence-corrected chi connectivity index (χ0v) is 16.7. The number of ether oxygens (including phenoxy) is 2. The van der Waals surface area contributed by atoms with Crippen molar-refractivity contribution >= 4 is 18.1 Å². The van der Waals surface area contributed by atoms with Crippen LogP contribution in [0.15, 0.2) is 42.5 Å². The van der Waals surface area contributed by atoms with Crippen molar-refractivity contribution in [3.63, 3.8) is 0 Å². The molecule has 0 radical (unpaired) electrons. The van der Waals surface area contributed by atoms with Gasteiger partial charge in [0.2, 0.25) is 0 Å². The molecule has 1 saturated carbocycles. The van der Waals surface area contributed by atoms with Crippen LogP contribution in [0.1, 0.15) is 34.3 Å². The number of aliphatic hydroxyl groups excluding tert-OH is 1. The largest absolute Gasteiger partial charge is 0.573 e. The maximum absolute atomic E-state index is 12.3. The number of hydrogen-bond donors (Lipinski definition) is 2. The van der Waals surface area contributed by atoms with Crippen LogP contribution in [-0.4, -0.2) is 37.7 Å². The number of amides is 1. The van der Waals surface area contributed by atoms with Gasteiger partial charge in [0.15, 0.2) is 0 Å². The van der Waals surface area contributed by atoms with Crippen LogP contribution >= 0.6 is 0 Å². The molecule has 2 N–H and O–H groups in total. The van der Waals surface area contributed by atoms with Crippen molar-refractivity contribution in [2.75, 3.05) is 20.3 Å². The average Bonchev–Trinajstić information content (AvgIpc) is 3.52. The first-order valence-electron chi connectivity index (χ1n) is 9.49. The zero-order chi connectivity index (χ0) is 22.5. The number of halogens is 3. The Hall–Kier alpha value is -3.04. The van der Waals surface area contributed by atoms with Gasteiger partial charge in [0, 0.05) is 16.5 Å². The van der Waals surface area contributed by atoms with Gasteiger partial charge in [0.05, 0.1) is 20.3 Å². The van der Waals surface area contributed by atoms with Gasteiger partial charge >= 0.3 is 6.36 Å². The van der Waals surface area contributed by atoms with E-state index in [-0.39, 0.29) is 24.4 Å². The fraction of sp³-hybridized carbons (Fsp3) is 0.318. The molecule has 9 heteroatoms. The van der Waals surface area contributed by atoms with Crippen LogP contribution in [0.25, 0.3) is 12.2 Å². The highest BCUT2D eigenvalue weighted by molar-refractivity contribution is 5.94. The predicted octanol–water partition coefficient (Wildman–Crippen LogP) is 4.20. The second-order valence-corrected chi connectivity index (χ2v) is 7.28. The van der Waals surface area contributed by atoms with E-state index in [1.165, 1.54) is 31.4 Å². The monoisotopic (exact) mass is 437 g/mol. The lowest BCUT2D eigenvalue weighted by molar-refractivity contribution is -0.274. The molecule has 0 atom stereocenters. The summed E-state index contributed by atoms with van der Waals surface area (Å²) in [5.41, 5.74) is 3.69. The lowest BCUT2D eigenvalue weighted by Crippen LogP contribution is -2.28. The van der Waals surface area contributed by atoms with E-state index in [9.17, 15) is 23.1 Å². The van der Waals surface area contributed by atoms with Gasteiger partial charge in [-0.1, -0.05) is 24.3 Å². The molecule has 6 nitrogen and oxygen atoms in total. The highest BCUT2D eigenvalue weighted by Crippen LogP contribution is 2.44. The molecule has 0 aliphatic heterocycles. The highest BCUT2D eigenvalue weighted by Gasteiger charge is 2.42. The van der Waals surface area contributed by atoms with Gasteiger partial charge in [-0.3, -0.25) is 9.63 Å². The second kappa shape index (κ2) is 9.40. The Morgan fingerprint density at radius 1 is 1.16 bits per heavy atom. The molecule has 0 spiro atoms. The Labute approximate surface area is 177 Å². The van der Waals surface area contributed by atoms with Crippen molar-refractivity contribution < 1.29 is 37.4 Å². The molecule has 0 heterocycles. The zero-order valence-electron chi connectivity index (χ0n) is 16.7. The van der Waals surface area contributed by atoms with Gasteiger partial charge in [-0.25, -0.2) is 5.48 Å². The van der Waals surface area contributed by atoms with Crippen LogP contribution in [-0.2, 0) is 4.84 Å². The van der Waals surface area contributed by atoms with E-state index in [1.807, 2.05) is 0 Å². The van der Waals surface area contributed by atoms with E-state index in [4.69, 9.17) is 9.57 Å². The molecular formula is C22H22F3NO5. The summed E-state index contributed by atoms with van der Waals surface area (Å²) < 4.78 is 45.9. The minimum absolute atomic E-state index is 0.0175. The maximum Gasteiger partial charge on any atom is 0.573 e. The molecule has 2 aromatic rings. The Morgan fingerprint density at radius 2 is 1.87 bits per heavy atom. The van der Waals surface area contributed by atoms with Crippen molar-refractivity contribution in [2.24, 2.45) is 5.41 Å². The molecule has 1 aliphatic carbocycles. The number of hydroxylamine groups is 1. The summed E-state index contributed by atoms with van der Waals surface area (Å²) in [6.07, 6.45) is 0.333. The van der Waals surface area contributed by atoms with Gasteiger partial charge in [0.25, 0.3) is 5.91 Å². The number of carbonyl (C=O) groups excluding carboxylic acids is 1. The summed E-state index contributed by atoms with van der Waals surface area (Å²) in [5, 5.41) is 9.28. The molecule has 1 fully saturated rings. The normalized spacial score (nSPS) is 15.0. The summed E-state index contributed by atoms with van der Waals surface area (Å²) in [5.74, 6) is -0.238. The number of carbonyl (C=O) groups is 1. The predicted molar refractivity (Wildman–Crippen MR) is 107 cm³/mol. The van der Waals surface area contributed by atoms with Crippen molar-refractivity contribution in [1.82, 2.24) is 5.48 Å². The van der Waals surface area contributed by atoms with Crippen LogP contribution in [0.4, 0.5) is 13.2 Å². The second-order valence-electron chi connectivity index (χ2n) is 7.28. The molecule has 1 amide bonds. The van der Waals surface area contributed by atoms with Crippen LogP contribution in [0, 0.1) is 5.41 Å². The van der Waals surface area contributed by atoms with Crippen molar-refractivity contribution in [3.8, 4) is 11.5 Å². The van der Waals surface area contributed by atoms with Gasteiger partial charge in [-0.2, -0.15) is 0 Å². The van der Waals surface area contributed by atoms with Crippen molar-refractivity contribution in [3.05, 3.63) is 59.2 Å². The van der Waals surface area contributed by atoms with Crippen LogP contribution in [0.2, 0.25) is 0 Å². The van der Waals surface area contributed by atoms with E-state index in [0.29, 0.717) is 22.4 Å². The lowest BCUT2D eigenvalue weighted by atomic mass is 10.1. The average molecular weight is 437 g/mol. The Kier molecular flexibility index (Phi) is 6.87. The molecule has 1 aliphatic rings. The van der Waals surface area contributed by atoms with E-state index in [1.54, 1.807) is 30.4 Å². The lowest BCUT2D eigenvalue weighted by Gasteiger charge is -2.13. The summed E-state index contributed by atoms with van der Waals surface area (Å²) in [6, 6.07) is 10.2. The third kappa shape index (κ3) is 6.47. The van der Waals surface area contributed by atoms with Crippen LogP contribution in [0.3, 0.4) is 0 Å². The van der Waals surface area contributed by atoms with E-state index in [0.717, 1.165) is 12.8 Å². The fourth-order valence-electron chi connectivity index (χ4n) is 2.81. The van der Waals surface area contributed by atoms with E-state index >= 15 is 0 Å². The minimum Gasteiger partial charge on any atom is -0.496 e. The number of rotatable bonds is 9. The number of aliphatic hydroxyl groups is 1. The number of nitrogens with one attached hydrogen (secondary N) is 1. The van der Waals surface area contributed by atoms with E-state index in [2.05, 4.69) is 10.2 Å². The minimum atomic E-state index is -4.74. The standard InChI is InChI=1S/C22H22F3NO5/c1-29-19-9-6-17(20(28)26-30-14-21(13-27)10-11-21)12-16(19)5-2-15-3-7-18(8-4-15)31-22(23,24)25/h2-9,12,27H,10-11,13-14H2,1H3,(H,26,28)/b5-2+. The Bertz CT molecular complexity index is 937. The first-order valence-corrected chi connectivity index (χ1v) is 9.49. The first-order chi connectivity index (χ1) is 14.7. The third-order valence-electron chi connectivity index (χ3n) is 4.90. The molecule has 0 bridgehead atoms. The third-order valence-corrected chi connectivity index (χ3v) is 4.90. The molecule has 0 unspecified atom stereocenters. The number of benzene rings is 2. The van der Waals surface area contributed by atoms with Gasteiger partial charge < -0.3 is 14.6 Å². The molecule has 166 valence electrons. The molecule has 31 heavy (non-hydrogen) atoms. The van der Waals surface area contributed by atoms with Crippen LogP contribution in [0.5, 0.6) is 11.5 Å². The number of methoxy groups -OCH3 is 1. The topological polar surface area (TPSA) is 77.0 Å². The van der Waals surface area contributed by atoms with Crippen molar-refractivity contribution in [2.45, 2.75) is 19.2 Å². The summed E-state index contributed by atoms with van der Waals surface area (Å²) in [4.78, 5) is 17.6. The quantitative estimate of drug-likeness (QED) is 0.454. The molecule has 3 rings (SSSR count). The Balaban J connectivity index is 1.66. The van der Waals surface area contributed by atoms with Crippen LogP contribution < -0.4 is 15.0 Å². The van der Waals surface area contributed by atoms with Gasteiger partial charge in [-0.05, 0) is 48.7 Å². The molecule has 2 aromatic carbocycles. The maximum atomic E-state index is 12.3. The molecule has 0 saturated heterocycles. The highest BCUT2D eigenvalue weighted by atomic mass is 19.4. The van der Waals surface area contributed by atoms with Gasteiger partial charge in [0.1, 0.15) is 11.5 Å². The Morgan fingerprint density at radius 3 is 2.45 bits per heavy atom. The molecular weight excluding hydrogens is 415 g/mol. The summed E-state index contributed by atoms with van der Waals surface area (Å²) >= 11 is 0. The summed E-state index contributed by atoms with van der Waals surface area (Å²) in [7, 11) is 1.49. The first kappa shape index (κ1) is 22.6.